The van der Waals surface area contributed by atoms with Crippen molar-refractivity contribution in [1.82, 2.24) is 4.90 Å². The lowest BCUT2D eigenvalue weighted by Gasteiger charge is -2.34. The Balaban J connectivity index is 1.76. The first-order chi connectivity index (χ1) is 8.27. The van der Waals surface area contributed by atoms with Crippen LogP contribution in [-0.2, 0) is 4.79 Å². The Hall–Kier alpha value is -0.220. The van der Waals surface area contributed by atoms with Crippen molar-refractivity contribution in [2.24, 2.45) is 11.8 Å². The van der Waals surface area contributed by atoms with Gasteiger partial charge in [-0.2, -0.15) is 11.8 Å². The Labute approximate surface area is 107 Å². The Morgan fingerprint density at radius 2 is 1.94 bits per heavy atom. The molecule has 17 heavy (non-hydrogen) atoms. The van der Waals surface area contributed by atoms with Crippen LogP contribution in [0.1, 0.15) is 32.1 Å². The molecule has 1 saturated carbocycles. The number of likely N-dealkylation sites (tertiary alicyclic amines) is 1. The topological polar surface area (TPSA) is 40.5 Å². The second kappa shape index (κ2) is 4.81. The molecule has 0 amide bonds. The summed E-state index contributed by atoms with van der Waals surface area (Å²) in [6.07, 6.45) is 6.02. The van der Waals surface area contributed by atoms with E-state index in [2.05, 4.69) is 4.90 Å². The van der Waals surface area contributed by atoms with E-state index < -0.39 is 5.97 Å². The van der Waals surface area contributed by atoms with Crippen molar-refractivity contribution in [3.8, 4) is 0 Å². The normalized spacial score (nSPS) is 39.4. The van der Waals surface area contributed by atoms with E-state index in [-0.39, 0.29) is 6.04 Å². The van der Waals surface area contributed by atoms with Crippen LogP contribution in [-0.4, -0.2) is 46.1 Å². The zero-order valence-electron chi connectivity index (χ0n) is 10.2. The number of aliphatic carboxylic acids is 1. The largest absolute Gasteiger partial charge is 0.480 e. The van der Waals surface area contributed by atoms with Crippen molar-refractivity contribution >= 4 is 17.7 Å². The summed E-state index contributed by atoms with van der Waals surface area (Å²) in [5.74, 6) is 2.97. The van der Waals surface area contributed by atoms with Gasteiger partial charge in [-0.15, -0.1) is 0 Å². The molecular formula is C13H21NO2S. The lowest BCUT2D eigenvalue weighted by molar-refractivity contribution is -0.144. The van der Waals surface area contributed by atoms with Gasteiger partial charge < -0.3 is 5.11 Å². The van der Waals surface area contributed by atoms with Gasteiger partial charge in [0.05, 0.1) is 0 Å². The van der Waals surface area contributed by atoms with Gasteiger partial charge in [0.2, 0.25) is 0 Å². The molecule has 96 valence electrons. The van der Waals surface area contributed by atoms with Crippen molar-refractivity contribution < 1.29 is 9.90 Å². The lowest BCUT2D eigenvalue weighted by Crippen LogP contribution is -2.46. The summed E-state index contributed by atoms with van der Waals surface area (Å²) in [6, 6.07) is 0.374. The lowest BCUT2D eigenvalue weighted by atomic mass is 9.94. The van der Waals surface area contributed by atoms with Gasteiger partial charge in [0, 0.05) is 12.6 Å². The molecule has 2 aliphatic heterocycles. The monoisotopic (exact) mass is 255 g/mol. The Bertz CT molecular complexity index is 304. The van der Waals surface area contributed by atoms with Crippen LogP contribution in [0.2, 0.25) is 0 Å². The number of hydrogen-bond acceptors (Lipinski definition) is 3. The maximum Gasteiger partial charge on any atom is 0.321 e. The summed E-state index contributed by atoms with van der Waals surface area (Å²) >= 11 is 2.01. The van der Waals surface area contributed by atoms with Crippen LogP contribution in [0.4, 0.5) is 0 Å². The molecule has 1 N–H and O–H groups in total. The number of rotatable bonds is 2. The number of thioether (sulfide) groups is 1. The van der Waals surface area contributed by atoms with E-state index in [1.54, 1.807) is 0 Å². The molecule has 3 unspecified atom stereocenters. The summed E-state index contributed by atoms with van der Waals surface area (Å²) in [6.45, 7) is 1.05. The van der Waals surface area contributed by atoms with E-state index in [1.807, 2.05) is 11.8 Å². The Morgan fingerprint density at radius 3 is 2.65 bits per heavy atom. The van der Waals surface area contributed by atoms with Crippen LogP contribution in [0.25, 0.3) is 0 Å². The van der Waals surface area contributed by atoms with E-state index in [1.165, 1.54) is 37.2 Å². The van der Waals surface area contributed by atoms with E-state index in [0.717, 1.165) is 13.0 Å². The molecule has 0 radical (unpaired) electrons. The average molecular weight is 255 g/mol. The van der Waals surface area contributed by atoms with Gasteiger partial charge in [0.1, 0.15) is 6.04 Å². The molecule has 0 bridgehead atoms. The van der Waals surface area contributed by atoms with Crippen LogP contribution in [0.15, 0.2) is 0 Å². The third kappa shape index (κ3) is 2.10. The van der Waals surface area contributed by atoms with E-state index in [9.17, 15) is 9.90 Å². The molecule has 0 aromatic carbocycles. The van der Waals surface area contributed by atoms with Crippen LogP contribution in [0.5, 0.6) is 0 Å². The van der Waals surface area contributed by atoms with Gasteiger partial charge in [-0.05, 0) is 49.0 Å². The first-order valence-corrected chi connectivity index (χ1v) is 7.99. The van der Waals surface area contributed by atoms with Gasteiger partial charge in [-0.3, -0.25) is 9.69 Å². The number of hydrogen-bond donors (Lipinski definition) is 1. The van der Waals surface area contributed by atoms with Crippen LogP contribution < -0.4 is 0 Å². The maximum absolute atomic E-state index is 11.6. The third-order valence-electron chi connectivity index (χ3n) is 4.84. The molecule has 3 aliphatic rings. The second-order valence-corrected chi connectivity index (χ2v) is 6.90. The molecular weight excluding hydrogens is 234 g/mol. The molecule has 3 atom stereocenters. The maximum atomic E-state index is 11.6. The summed E-state index contributed by atoms with van der Waals surface area (Å²) in [5.41, 5.74) is 0. The predicted octanol–water partition coefficient (Wildman–Crippen LogP) is 2.07. The first kappa shape index (κ1) is 11.8. The Morgan fingerprint density at radius 1 is 1.18 bits per heavy atom. The molecule has 3 fully saturated rings. The second-order valence-electron chi connectivity index (χ2n) is 5.68. The van der Waals surface area contributed by atoms with Gasteiger partial charge in [-0.25, -0.2) is 0 Å². The molecule has 0 spiro atoms. The van der Waals surface area contributed by atoms with Crippen LogP contribution in [0.3, 0.4) is 0 Å². The Kier molecular flexibility index (Phi) is 3.35. The van der Waals surface area contributed by atoms with E-state index in [0.29, 0.717) is 17.9 Å². The fourth-order valence-corrected chi connectivity index (χ4v) is 5.14. The van der Waals surface area contributed by atoms with Crippen molar-refractivity contribution in [1.29, 1.82) is 0 Å². The summed E-state index contributed by atoms with van der Waals surface area (Å²) in [7, 11) is 0. The fraction of sp³-hybridized carbons (Fsp3) is 0.923. The van der Waals surface area contributed by atoms with E-state index >= 15 is 0 Å². The van der Waals surface area contributed by atoms with Crippen molar-refractivity contribution in [3.05, 3.63) is 0 Å². The summed E-state index contributed by atoms with van der Waals surface area (Å²) in [5, 5.41) is 9.51. The SMILES string of the molecule is O=C(O)C1C2CCCC2CN1C1CCSCC1. The van der Waals surface area contributed by atoms with Crippen molar-refractivity contribution in [2.75, 3.05) is 18.1 Å². The fourth-order valence-electron chi connectivity index (χ4n) is 4.06. The smallest absolute Gasteiger partial charge is 0.321 e. The summed E-state index contributed by atoms with van der Waals surface area (Å²) < 4.78 is 0. The number of fused-ring (bicyclic) bond motifs is 1. The van der Waals surface area contributed by atoms with E-state index in [4.69, 9.17) is 0 Å². The highest BCUT2D eigenvalue weighted by Crippen LogP contribution is 2.44. The highest BCUT2D eigenvalue weighted by molar-refractivity contribution is 7.99. The quantitative estimate of drug-likeness (QED) is 0.820. The van der Waals surface area contributed by atoms with Crippen LogP contribution in [0, 0.1) is 11.8 Å². The molecule has 2 heterocycles. The highest BCUT2D eigenvalue weighted by Gasteiger charge is 2.49. The number of carbonyl (C=O) groups is 1. The van der Waals surface area contributed by atoms with Crippen LogP contribution >= 0.6 is 11.8 Å². The third-order valence-corrected chi connectivity index (χ3v) is 5.89. The molecule has 1 aliphatic carbocycles. The molecule has 0 aromatic rings. The number of carboxylic acids is 1. The summed E-state index contributed by atoms with van der Waals surface area (Å²) in [4.78, 5) is 13.9. The zero-order valence-corrected chi connectivity index (χ0v) is 11.0. The molecule has 3 rings (SSSR count). The van der Waals surface area contributed by atoms with Gasteiger partial charge in [0.25, 0.3) is 0 Å². The number of carboxylic acid groups (broad SMARTS) is 1. The first-order valence-electron chi connectivity index (χ1n) is 6.83. The molecule has 3 nitrogen and oxygen atoms in total. The van der Waals surface area contributed by atoms with Gasteiger partial charge in [-0.1, -0.05) is 6.42 Å². The zero-order chi connectivity index (χ0) is 11.8. The predicted molar refractivity (Wildman–Crippen MR) is 69.3 cm³/mol. The molecule has 4 heteroatoms. The minimum absolute atomic E-state index is 0.171. The van der Waals surface area contributed by atoms with Gasteiger partial charge in [0.15, 0.2) is 0 Å². The average Bonchev–Trinajstić information content (AvgIpc) is 2.88. The number of nitrogens with zero attached hydrogens (tertiary/aromatic N) is 1. The molecule has 2 saturated heterocycles. The highest BCUT2D eigenvalue weighted by atomic mass is 32.2. The standard InChI is InChI=1S/C13H21NO2S/c15-13(16)12-11-3-1-2-9(11)8-14(12)10-4-6-17-7-5-10/h9-12H,1-8H2,(H,15,16). The van der Waals surface area contributed by atoms with Crippen molar-refractivity contribution in [2.45, 2.75) is 44.2 Å². The minimum Gasteiger partial charge on any atom is -0.480 e. The minimum atomic E-state index is -0.572. The van der Waals surface area contributed by atoms with Crippen molar-refractivity contribution in [3.63, 3.8) is 0 Å². The van der Waals surface area contributed by atoms with Gasteiger partial charge >= 0.3 is 5.97 Å². The molecule has 0 aromatic heterocycles.